The molecule has 0 bridgehead atoms. The van der Waals surface area contributed by atoms with Gasteiger partial charge in [-0.1, -0.05) is 0 Å². The van der Waals surface area contributed by atoms with E-state index in [2.05, 4.69) is 10.2 Å². The van der Waals surface area contributed by atoms with E-state index >= 15 is 0 Å². The average molecular weight is 258 g/mol. The van der Waals surface area contributed by atoms with Crippen molar-refractivity contribution >= 4 is 21.9 Å². The summed E-state index contributed by atoms with van der Waals surface area (Å²) in [5, 5.41) is 15.7. The van der Waals surface area contributed by atoms with Crippen LogP contribution in [0.3, 0.4) is 0 Å². The van der Waals surface area contributed by atoms with Gasteiger partial charge in [-0.15, -0.1) is 10.2 Å². The van der Waals surface area contributed by atoms with Crippen LogP contribution in [0.5, 0.6) is 0 Å². The lowest BCUT2D eigenvalue weighted by Crippen LogP contribution is -2.03. The van der Waals surface area contributed by atoms with Crippen LogP contribution in [0, 0.1) is 0 Å². The minimum atomic E-state index is -3.00. The minimum Gasteiger partial charge on any atom is -0.478 e. The number of carbonyl (C=O) groups is 1. The Bertz CT molecular complexity index is 560. The quantitative estimate of drug-likeness (QED) is 0.763. The van der Waals surface area contributed by atoms with Gasteiger partial charge in [0.1, 0.15) is 0 Å². The van der Waals surface area contributed by atoms with Gasteiger partial charge in [0.05, 0.1) is 17.4 Å². The van der Waals surface area contributed by atoms with Gasteiger partial charge >= 0.3 is 5.97 Å². The van der Waals surface area contributed by atoms with Crippen LogP contribution in [0.2, 0.25) is 0 Å². The molecule has 1 atom stereocenters. The molecule has 0 aromatic carbocycles. The first-order valence-corrected chi connectivity index (χ1v) is 6.73. The molecule has 1 fully saturated rings. The van der Waals surface area contributed by atoms with E-state index in [0.717, 1.165) is 6.08 Å². The molecule has 0 saturated carbocycles. The highest BCUT2D eigenvalue weighted by Gasteiger charge is 2.32. The molecule has 0 radical (unpaired) electrons. The highest BCUT2D eigenvalue weighted by atomic mass is 32.2. The number of hydrogen-bond acceptors (Lipinski definition) is 6. The molecule has 0 aliphatic carbocycles. The summed E-state index contributed by atoms with van der Waals surface area (Å²) in [5.41, 5.74) is 0. The predicted molar refractivity (Wildman–Crippen MR) is 57.0 cm³/mol. The van der Waals surface area contributed by atoms with Gasteiger partial charge < -0.3 is 9.52 Å². The van der Waals surface area contributed by atoms with E-state index < -0.39 is 15.8 Å². The molecule has 1 unspecified atom stereocenters. The van der Waals surface area contributed by atoms with E-state index in [0.29, 0.717) is 6.42 Å². The summed E-state index contributed by atoms with van der Waals surface area (Å²) in [5.74, 6) is -0.951. The zero-order valence-electron chi connectivity index (χ0n) is 8.74. The van der Waals surface area contributed by atoms with Gasteiger partial charge in [0.2, 0.25) is 11.8 Å². The Kier molecular flexibility index (Phi) is 2.97. The van der Waals surface area contributed by atoms with Gasteiger partial charge in [0, 0.05) is 12.2 Å². The molecule has 1 N–H and O–H groups in total. The van der Waals surface area contributed by atoms with E-state index in [1.165, 1.54) is 6.08 Å². The molecular weight excluding hydrogens is 248 g/mol. The number of aromatic nitrogens is 2. The van der Waals surface area contributed by atoms with Crippen LogP contribution in [-0.2, 0) is 14.6 Å². The molecule has 1 aromatic rings. The molecule has 92 valence electrons. The van der Waals surface area contributed by atoms with Crippen molar-refractivity contribution < 1.29 is 22.7 Å². The maximum Gasteiger partial charge on any atom is 0.328 e. The zero-order chi connectivity index (χ0) is 12.5. The number of carboxylic acid groups (broad SMARTS) is 1. The SMILES string of the molecule is O=C(O)/C=C/c1nnc(C2CCS(=O)(=O)C2)o1. The van der Waals surface area contributed by atoms with E-state index in [1.807, 2.05) is 0 Å². The number of sulfone groups is 1. The second kappa shape index (κ2) is 4.28. The lowest BCUT2D eigenvalue weighted by Gasteiger charge is -1.98. The fourth-order valence-electron chi connectivity index (χ4n) is 1.61. The van der Waals surface area contributed by atoms with Crippen molar-refractivity contribution in [3.8, 4) is 0 Å². The summed E-state index contributed by atoms with van der Waals surface area (Å²) in [6, 6.07) is 0. The third-order valence-electron chi connectivity index (χ3n) is 2.41. The fraction of sp³-hybridized carbons (Fsp3) is 0.444. The highest BCUT2D eigenvalue weighted by molar-refractivity contribution is 7.91. The summed E-state index contributed by atoms with van der Waals surface area (Å²) in [6.07, 6.45) is 2.51. The number of aliphatic carboxylic acids is 1. The summed E-state index contributed by atoms with van der Waals surface area (Å²) in [4.78, 5) is 10.3. The molecule has 2 heterocycles. The van der Waals surface area contributed by atoms with E-state index in [9.17, 15) is 13.2 Å². The molecule has 1 aliphatic rings. The van der Waals surface area contributed by atoms with Crippen LogP contribution < -0.4 is 0 Å². The van der Waals surface area contributed by atoms with Crippen molar-refractivity contribution in [3.05, 3.63) is 17.9 Å². The molecule has 1 aliphatic heterocycles. The van der Waals surface area contributed by atoms with Crippen molar-refractivity contribution in [2.75, 3.05) is 11.5 Å². The number of carboxylic acids is 1. The van der Waals surface area contributed by atoms with Crippen molar-refractivity contribution in [3.63, 3.8) is 0 Å². The van der Waals surface area contributed by atoms with Gasteiger partial charge in [-0.2, -0.15) is 0 Å². The molecule has 0 amide bonds. The summed E-state index contributed by atoms with van der Waals surface area (Å²) < 4.78 is 27.7. The lowest BCUT2D eigenvalue weighted by atomic mass is 10.1. The first-order valence-electron chi connectivity index (χ1n) is 4.91. The van der Waals surface area contributed by atoms with Crippen LogP contribution in [0.15, 0.2) is 10.5 Å². The van der Waals surface area contributed by atoms with Crippen LogP contribution in [-0.4, -0.2) is 41.2 Å². The zero-order valence-corrected chi connectivity index (χ0v) is 9.55. The lowest BCUT2D eigenvalue weighted by molar-refractivity contribution is -0.131. The maximum absolute atomic E-state index is 11.3. The van der Waals surface area contributed by atoms with Crippen molar-refractivity contribution in [2.45, 2.75) is 12.3 Å². The predicted octanol–water partition coefficient (Wildman–Crippen LogP) is 0.0695. The van der Waals surface area contributed by atoms with E-state index in [-0.39, 0.29) is 29.2 Å². The third kappa shape index (κ3) is 2.90. The van der Waals surface area contributed by atoms with Crippen molar-refractivity contribution in [2.24, 2.45) is 0 Å². The Labute approximate surface area is 97.1 Å². The fourth-order valence-corrected chi connectivity index (χ4v) is 3.34. The highest BCUT2D eigenvalue weighted by Crippen LogP contribution is 2.27. The smallest absolute Gasteiger partial charge is 0.328 e. The second-order valence-corrected chi connectivity index (χ2v) is 5.98. The summed E-state index contributed by atoms with van der Waals surface area (Å²) in [6.45, 7) is 0. The average Bonchev–Trinajstić information content (AvgIpc) is 2.81. The summed E-state index contributed by atoms with van der Waals surface area (Å²) in [7, 11) is -3.00. The van der Waals surface area contributed by atoms with Gasteiger partial charge in [0.25, 0.3) is 0 Å². The third-order valence-corrected chi connectivity index (χ3v) is 4.17. The Morgan fingerprint density at radius 3 is 2.82 bits per heavy atom. The van der Waals surface area contributed by atoms with Crippen molar-refractivity contribution in [1.82, 2.24) is 10.2 Å². The molecular formula is C9H10N2O5S. The minimum absolute atomic E-state index is 0.0112. The van der Waals surface area contributed by atoms with Crippen molar-refractivity contribution in [1.29, 1.82) is 0 Å². The number of hydrogen-bond donors (Lipinski definition) is 1. The Balaban J connectivity index is 2.12. The molecule has 17 heavy (non-hydrogen) atoms. The van der Waals surface area contributed by atoms with Crippen LogP contribution in [0.1, 0.15) is 24.1 Å². The van der Waals surface area contributed by atoms with Gasteiger partial charge in [0.15, 0.2) is 9.84 Å². The second-order valence-electron chi connectivity index (χ2n) is 3.75. The van der Waals surface area contributed by atoms with Gasteiger partial charge in [-0.05, 0) is 6.42 Å². The number of rotatable bonds is 3. The Morgan fingerprint density at radius 1 is 1.47 bits per heavy atom. The summed E-state index contributed by atoms with van der Waals surface area (Å²) >= 11 is 0. The van der Waals surface area contributed by atoms with Gasteiger partial charge in [-0.3, -0.25) is 0 Å². The van der Waals surface area contributed by atoms with E-state index in [1.54, 1.807) is 0 Å². The molecule has 8 heteroatoms. The van der Waals surface area contributed by atoms with Gasteiger partial charge in [-0.25, -0.2) is 13.2 Å². The topological polar surface area (TPSA) is 110 Å². The standard InChI is InChI=1S/C9H10N2O5S/c12-8(13)2-1-7-10-11-9(16-7)6-3-4-17(14,15)5-6/h1-2,6H,3-5H2,(H,12,13)/b2-1+. The molecule has 7 nitrogen and oxygen atoms in total. The largest absolute Gasteiger partial charge is 0.478 e. The van der Waals surface area contributed by atoms with Crippen LogP contribution >= 0.6 is 0 Å². The first-order chi connectivity index (χ1) is 7.96. The number of nitrogens with zero attached hydrogens (tertiary/aromatic N) is 2. The van der Waals surface area contributed by atoms with Crippen LogP contribution in [0.25, 0.3) is 6.08 Å². The molecule has 0 spiro atoms. The Hall–Kier alpha value is -1.70. The Morgan fingerprint density at radius 2 is 2.24 bits per heavy atom. The normalized spacial score (nSPS) is 23.2. The monoisotopic (exact) mass is 258 g/mol. The molecule has 1 saturated heterocycles. The molecule has 2 rings (SSSR count). The van der Waals surface area contributed by atoms with Crippen LogP contribution in [0.4, 0.5) is 0 Å². The van der Waals surface area contributed by atoms with E-state index in [4.69, 9.17) is 9.52 Å². The maximum atomic E-state index is 11.3. The molecule has 1 aromatic heterocycles. The first kappa shape index (κ1) is 11.8.